The lowest BCUT2D eigenvalue weighted by molar-refractivity contribution is 0.0917. The van der Waals surface area contributed by atoms with Gasteiger partial charge in [-0.15, -0.1) is 0 Å². The number of hydrogen-bond acceptors (Lipinski definition) is 9. The van der Waals surface area contributed by atoms with Gasteiger partial charge in [-0.3, -0.25) is 14.6 Å². The van der Waals surface area contributed by atoms with Crippen LogP contribution in [0, 0.1) is 27.7 Å². The number of aromatic nitrogens is 4. The number of benzene rings is 2. The molecule has 52 heavy (non-hydrogen) atoms. The van der Waals surface area contributed by atoms with E-state index in [0.717, 1.165) is 22.8 Å². The normalized spacial score (nSPS) is 11.6. The summed E-state index contributed by atoms with van der Waals surface area (Å²) in [4.78, 5) is 34.9. The number of sulfonamides is 1. The molecule has 0 aliphatic heterocycles. The average Bonchev–Trinajstić information content (AvgIpc) is 3.82. The number of amides is 2. The first-order chi connectivity index (χ1) is 24.7. The van der Waals surface area contributed by atoms with E-state index in [1.807, 2.05) is 26.0 Å². The van der Waals surface area contributed by atoms with Crippen LogP contribution in [0.4, 0.5) is 0 Å². The Morgan fingerprint density at radius 2 is 1.69 bits per heavy atom. The number of nitrogens with one attached hydrogen (secondary N) is 3. The number of pyridine rings is 1. The molecule has 0 saturated heterocycles. The molecule has 0 atom stereocenters. The van der Waals surface area contributed by atoms with Gasteiger partial charge in [-0.05, 0) is 105 Å². The van der Waals surface area contributed by atoms with Crippen LogP contribution in [0.1, 0.15) is 61.1 Å². The van der Waals surface area contributed by atoms with Crippen molar-refractivity contribution < 1.29 is 27.2 Å². The fourth-order valence-corrected chi connectivity index (χ4v) is 7.28. The Morgan fingerprint density at radius 3 is 2.37 bits per heavy atom. The van der Waals surface area contributed by atoms with Crippen LogP contribution in [-0.4, -0.2) is 46.7 Å². The highest BCUT2D eigenvalue weighted by atomic mass is 35.5. The topological polar surface area (TPSA) is 187 Å². The van der Waals surface area contributed by atoms with E-state index < -0.39 is 26.9 Å². The summed E-state index contributed by atoms with van der Waals surface area (Å²) in [6.07, 6.45) is 3.96. The van der Waals surface area contributed by atoms with Gasteiger partial charge in [0.05, 0.1) is 28.5 Å². The van der Waals surface area contributed by atoms with Crippen LogP contribution in [0.2, 0.25) is 10.0 Å². The Labute approximate surface area is 309 Å². The molecule has 0 spiro atoms. The minimum atomic E-state index is -4.56. The third-order valence-electron chi connectivity index (χ3n) is 8.58. The number of aromatic amines is 1. The number of nitrogen functional groups attached to an aromatic ring is 1. The number of rotatable bonds is 12. The Hall–Kier alpha value is -5.31. The van der Waals surface area contributed by atoms with Gasteiger partial charge in [0.2, 0.25) is 5.09 Å². The molecule has 270 valence electrons. The van der Waals surface area contributed by atoms with E-state index in [9.17, 15) is 18.0 Å². The van der Waals surface area contributed by atoms with Crippen molar-refractivity contribution in [1.29, 1.82) is 0 Å². The number of nitrogens with zero attached hydrogens (tertiary/aromatic N) is 3. The first-order valence-electron chi connectivity index (χ1n) is 16.1. The summed E-state index contributed by atoms with van der Waals surface area (Å²) in [5, 5.41) is 8.07. The van der Waals surface area contributed by atoms with E-state index in [1.54, 1.807) is 50.5 Å². The van der Waals surface area contributed by atoms with Gasteiger partial charge >= 0.3 is 0 Å². The van der Waals surface area contributed by atoms with Crippen molar-refractivity contribution >= 4 is 55.9 Å². The summed E-state index contributed by atoms with van der Waals surface area (Å²) in [5.74, 6) is 4.90. The second-order valence-electron chi connectivity index (χ2n) is 12.2. The molecule has 2 aromatic carbocycles. The lowest BCUT2D eigenvalue weighted by Crippen LogP contribution is -2.31. The number of carbonyl (C=O) groups is 2. The van der Waals surface area contributed by atoms with Crippen molar-refractivity contribution in [3.63, 3.8) is 0 Å². The Kier molecular flexibility index (Phi) is 10.3. The van der Waals surface area contributed by atoms with Gasteiger partial charge in [-0.2, -0.15) is 18.3 Å². The molecule has 2 amide bonds. The van der Waals surface area contributed by atoms with Crippen molar-refractivity contribution in [2.24, 2.45) is 0 Å². The molecule has 0 saturated carbocycles. The molecular weight excluding hydrogens is 729 g/mol. The van der Waals surface area contributed by atoms with E-state index in [4.69, 9.17) is 38.2 Å². The fraction of sp³-hybridized carbons (Fsp3) is 0.222. The fourth-order valence-electron chi connectivity index (χ4n) is 6.02. The molecule has 6 aromatic rings. The molecule has 0 bridgehead atoms. The van der Waals surface area contributed by atoms with Gasteiger partial charge in [0, 0.05) is 40.5 Å². The van der Waals surface area contributed by atoms with Crippen molar-refractivity contribution in [1.82, 2.24) is 29.9 Å². The van der Waals surface area contributed by atoms with Crippen molar-refractivity contribution in [3.05, 3.63) is 116 Å². The summed E-state index contributed by atoms with van der Waals surface area (Å²) in [5.41, 5.74) is 6.08. The highest BCUT2D eigenvalue weighted by Crippen LogP contribution is 2.40. The maximum atomic E-state index is 13.9. The van der Waals surface area contributed by atoms with Crippen molar-refractivity contribution in [2.75, 3.05) is 12.4 Å². The maximum absolute atomic E-state index is 13.9. The van der Waals surface area contributed by atoms with Gasteiger partial charge in [-0.25, -0.2) is 4.72 Å². The van der Waals surface area contributed by atoms with E-state index in [1.165, 1.54) is 10.9 Å². The zero-order valence-electron chi connectivity index (χ0n) is 28.6. The molecule has 0 unspecified atom stereocenters. The molecule has 13 nitrogen and oxygen atoms in total. The first kappa shape index (κ1) is 36.5. The molecular formula is C36H35Cl2N7O6S. The lowest BCUT2D eigenvalue weighted by Gasteiger charge is -2.11. The Morgan fingerprint density at radius 1 is 0.981 bits per heavy atom. The summed E-state index contributed by atoms with van der Waals surface area (Å²) >= 11 is 13.1. The quantitative estimate of drug-likeness (QED) is 0.0816. The van der Waals surface area contributed by atoms with Gasteiger partial charge in [0.25, 0.3) is 21.8 Å². The molecule has 16 heteroatoms. The summed E-state index contributed by atoms with van der Waals surface area (Å²) in [7, 11) is -4.56. The molecule has 0 fully saturated rings. The highest BCUT2D eigenvalue weighted by molar-refractivity contribution is 7.90. The van der Waals surface area contributed by atoms with Crippen LogP contribution in [0.15, 0.2) is 70.4 Å². The predicted molar refractivity (Wildman–Crippen MR) is 198 cm³/mol. The Bertz CT molecular complexity index is 2410. The zero-order chi connectivity index (χ0) is 37.3. The number of fused-ring (bicyclic) bond motifs is 1. The van der Waals surface area contributed by atoms with Crippen molar-refractivity contribution in [3.8, 4) is 16.9 Å². The number of halogens is 2. The number of H-pyrrole nitrogens is 1. The third-order valence-corrected chi connectivity index (χ3v) is 10.7. The van der Waals surface area contributed by atoms with Gasteiger partial charge < -0.3 is 25.3 Å². The monoisotopic (exact) mass is 763 g/mol. The first-order valence-corrected chi connectivity index (χ1v) is 18.4. The molecule has 4 heterocycles. The average molecular weight is 765 g/mol. The molecule has 4 aromatic heterocycles. The summed E-state index contributed by atoms with van der Waals surface area (Å²) in [6.45, 7) is 7.85. The van der Waals surface area contributed by atoms with Crippen LogP contribution in [-0.2, 0) is 23.0 Å². The number of hydrogen-bond donors (Lipinski definition) is 4. The third kappa shape index (κ3) is 7.36. The second kappa shape index (κ2) is 14.7. The SMILES string of the molecule is Cc1cc(OCCCc2c(C(=O)NS(=O)(=O)c3ccc(C(=O)NCc4ccncc4)o3)[nH]c3c(-c4c(C)nn(N)c4C)c(Cl)ccc23)cc(C)c1Cl. The van der Waals surface area contributed by atoms with Crippen LogP contribution < -0.4 is 20.6 Å². The predicted octanol–water partition coefficient (Wildman–Crippen LogP) is 6.33. The zero-order valence-corrected chi connectivity index (χ0v) is 31.0. The largest absolute Gasteiger partial charge is 0.494 e. The van der Waals surface area contributed by atoms with E-state index in [2.05, 4.69) is 25.1 Å². The van der Waals surface area contributed by atoms with Crippen LogP contribution in [0.5, 0.6) is 5.75 Å². The molecule has 0 radical (unpaired) electrons. The van der Waals surface area contributed by atoms with Crippen LogP contribution in [0.3, 0.4) is 0 Å². The van der Waals surface area contributed by atoms with Gasteiger partial charge in [0.1, 0.15) is 11.4 Å². The van der Waals surface area contributed by atoms with E-state index in [-0.39, 0.29) is 18.0 Å². The Balaban J connectivity index is 1.29. The summed E-state index contributed by atoms with van der Waals surface area (Å²) in [6, 6.07) is 13.0. The number of carbonyl (C=O) groups excluding carboxylic acids is 2. The van der Waals surface area contributed by atoms with Crippen LogP contribution >= 0.6 is 23.2 Å². The summed E-state index contributed by atoms with van der Waals surface area (Å²) < 4.78 is 40.4. The second-order valence-corrected chi connectivity index (χ2v) is 14.6. The van der Waals surface area contributed by atoms with Gasteiger partial charge in [0.15, 0.2) is 5.76 Å². The number of furan rings is 1. The lowest BCUT2D eigenvalue weighted by atomic mass is 9.98. The molecule has 0 aliphatic carbocycles. The van der Waals surface area contributed by atoms with E-state index in [0.29, 0.717) is 74.2 Å². The van der Waals surface area contributed by atoms with Gasteiger partial charge in [-0.1, -0.05) is 29.3 Å². The number of nitrogens with two attached hydrogens (primary N) is 1. The molecule has 6 rings (SSSR count). The minimum absolute atomic E-state index is 0.00223. The minimum Gasteiger partial charge on any atom is -0.494 e. The van der Waals surface area contributed by atoms with Crippen molar-refractivity contribution in [2.45, 2.75) is 52.2 Å². The van der Waals surface area contributed by atoms with E-state index >= 15 is 0 Å². The standard InChI is InChI=1S/C36H35Cl2N7O6S/c1-19-16-24(17-20(2)32(19)38)50-15-5-6-25-26-7-8-27(37)31(30-21(3)43-45(39)22(30)4)33(26)42-34(25)36(47)44-52(48,49)29-10-9-28(51-29)35(46)41-18-23-11-13-40-14-12-23/h7-14,16-17,42H,5-6,15,18,39H2,1-4H3,(H,41,46)(H,44,47). The highest BCUT2D eigenvalue weighted by Gasteiger charge is 2.29. The number of aryl methyl sites for hydroxylation is 4. The molecule has 5 N–H and O–H groups in total. The number of ether oxygens (including phenoxy) is 1. The smallest absolute Gasteiger partial charge is 0.297 e. The maximum Gasteiger partial charge on any atom is 0.297 e. The molecule has 0 aliphatic rings. The van der Waals surface area contributed by atoms with Crippen LogP contribution in [0.25, 0.3) is 22.0 Å².